The molecule has 0 aliphatic rings. The van der Waals surface area contributed by atoms with Crippen LogP contribution in [0.1, 0.15) is 5.56 Å². The highest BCUT2D eigenvalue weighted by Gasteiger charge is 2.14. The van der Waals surface area contributed by atoms with Gasteiger partial charge < -0.3 is 29.6 Å². The number of hydrogen-bond donors (Lipinski definition) is 2. The number of rotatable bonds is 8. The second-order valence-corrected chi connectivity index (χ2v) is 6.13. The van der Waals surface area contributed by atoms with Crippen LogP contribution >= 0.6 is 0 Å². The first-order valence-corrected chi connectivity index (χ1v) is 8.89. The van der Waals surface area contributed by atoms with Gasteiger partial charge in [0.15, 0.2) is 11.5 Å². The first-order valence-electron chi connectivity index (χ1n) is 8.89. The van der Waals surface area contributed by atoms with Crippen LogP contribution in [0.3, 0.4) is 0 Å². The van der Waals surface area contributed by atoms with Gasteiger partial charge in [-0.15, -0.1) is 0 Å². The molecule has 0 saturated heterocycles. The monoisotopic (exact) mass is 396 g/mol. The van der Waals surface area contributed by atoms with Crippen LogP contribution in [0.15, 0.2) is 42.6 Å². The first-order chi connectivity index (χ1) is 14.1. The standard InChI is InChI=1S/C21H24N4O4/c1-13-6-7-16(26-2)15(10-13)24-21-22-9-8-19(25-21)23-14-11-17(27-3)20(29-5)18(12-14)28-4/h6-12H,1-5H3,(H2,22,23,24,25). The van der Waals surface area contributed by atoms with Crippen molar-refractivity contribution in [1.29, 1.82) is 0 Å². The maximum Gasteiger partial charge on any atom is 0.229 e. The summed E-state index contributed by atoms with van der Waals surface area (Å²) in [5.41, 5.74) is 2.62. The van der Waals surface area contributed by atoms with E-state index < -0.39 is 0 Å². The number of nitrogens with zero attached hydrogens (tertiary/aromatic N) is 2. The number of benzene rings is 2. The van der Waals surface area contributed by atoms with E-state index in [1.165, 1.54) is 0 Å². The molecule has 3 rings (SSSR count). The molecule has 0 saturated carbocycles. The molecule has 2 N–H and O–H groups in total. The Hall–Kier alpha value is -3.68. The Bertz CT molecular complexity index is 969. The van der Waals surface area contributed by atoms with Crippen LogP contribution in [0, 0.1) is 6.92 Å². The molecule has 0 amide bonds. The van der Waals surface area contributed by atoms with Crippen molar-refractivity contribution in [3.63, 3.8) is 0 Å². The Balaban J connectivity index is 1.86. The highest BCUT2D eigenvalue weighted by atomic mass is 16.5. The van der Waals surface area contributed by atoms with Crippen molar-refractivity contribution in [3.8, 4) is 23.0 Å². The topological polar surface area (TPSA) is 86.8 Å². The van der Waals surface area contributed by atoms with E-state index >= 15 is 0 Å². The molecule has 3 aromatic rings. The molecule has 8 heteroatoms. The lowest BCUT2D eigenvalue weighted by atomic mass is 10.2. The van der Waals surface area contributed by atoms with Crippen molar-refractivity contribution in [3.05, 3.63) is 48.2 Å². The van der Waals surface area contributed by atoms with Crippen molar-refractivity contribution < 1.29 is 18.9 Å². The van der Waals surface area contributed by atoms with Crippen LogP contribution in [0.4, 0.5) is 23.1 Å². The van der Waals surface area contributed by atoms with Gasteiger partial charge in [-0.05, 0) is 30.7 Å². The van der Waals surface area contributed by atoms with Gasteiger partial charge in [0.1, 0.15) is 11.6 Å². The molecule has 152 valence electrons. The average Bonchev–Trinajstić information content (AvgIpc) is 2.73. The molecule has 0 unspecified atom stereocenters. The third-order valence-corrected chi connectivity index (χ3v) is 4.19. The third kappa shape index (κ3) is 4.60. The second-order valence-electron chi connectivity index (χ2n) is 6.13. The van der Waals surface area contributed by atoms with Gasteiger partial charge in [-0.2, -0.15) is 4.98 Å². The Kier molecular flexibility index (Phi) is 6.23. The van der Waals surface area contributed by atoms with Gasteiger partial charge >= 0.3 is 0 Å². The van der Waals surface area contributed by atoms with Gasteiger partial charge in [0.25, 0.3) is 0 Å². The average molecular weight is 396 g/mol. The molecular weight excluding hydrogens is 372 g/mol. The maximum absolute atomic E-state index is 5.40. The van der Waals surface area contributed by atoms with Crippen molar-refractivity contribution in [2.45, 2.75) is 6.92 Å². The Morgan fingerprint density at radius 1 is 0.759 bits per heavy atom. The fourth-order valence-corrected chi connectivity index (χ4v) is 2.83. The molecule has 0 spiro atoms. The van der Waals surface area contributed by atoms with E-state index in [9.17, 15) is 0 Å². The highest BCUT2D eigenvalue weighted by molar-refractivity contribution is 5.68. The highest BCUT2D eigenvalue weighted by Crippen LogP contribution is 2.40. The van der Waals surface area contributed by atoms with Gasteiger partial charge in [-0.25, -0.2) is 4.98 Å². The van der Waals surface area contributed by atoms with Gasteiger partial charge in [-0.1, -0.05) is 6.07 Å². The first kappa shape index (κ1) is 20.1. The number of nitrogens with one attached hydrogen (secondary N) is 2. The summed E-state index contributed by atoms with van der Waals surface area (Å²) in [4.78, 5) is 8.81. The smallest absolute Gasteiger partial charge is 0.229 e. The predicted octanol–water partition coefficient (Wildman–Crippen LogP) is 4.31. The molecule has 8 nitrogen and oxygen atoms in total. The van der Waals surface area contributed by atoms with Crippen LogP contribution in [0.5, 0.6) is 23.0 Å². The minimum Gasteiger partial charge on any atom is -0.495 e. The van der Waals surface area contributed by atoms with Crippen LogP contribution in [-0.4, -0.2) is 38.4 Å². The molecule has 0 atom stereocenters. The van der Waals surface area contributed by atoms with E-state index in [4.69, 9.17) is 18.9 Å². The van der Waals surface area contributed by atoms with E-state index in [2.05, 4.69) is 20.6 Å². The van der Waals surface area contributed by atoms with E-state index in [0.29, 0.717) is 34.8 Å². The molecule has 2 aromatic carbocycles. The molecule has 0 bridgehead atoms. The Morgan fingerprint density at radius 3 is 2.07 bits per heavy atom. The van der Waals surface area contributed by atoms with Crippen molar-refractivity contribution in [2.75, 3.05) is 39.1 Å². The Labute approximate surface area is 169 Å². The van der Waals surface area contributed by atoms with E-state index in [1.807, 2.05) is 25.1 Å². The lowest BCUT2D eigenvalue weighted by molar-refractivity contribution is 0.324. The molecule has 0 fully saturated rings. The van der Waals surface area contributed by atoms with Gasteiger partial charge in [0.2, 0.25) is 11.7 Å². The molecule has 1 heterocycles. The van der Waals surface area contributed by atoms with Gasteiger partial charge in [0.05, 0.1) is 34.1 Å². The van der Waals surface area contributed by atoms with Crippen LogP contribution in [-0.2, 0) is 0 Å². The van der Waals surface area contributed by atoms with Gasteiger partial charge in [-0.3, -0.25) is 0 Å². The maximum atomic E-state index is 5.40. The number of anilines is 4. The van der Waals surface area contributed by atoms with E-state index in [1.54, 1.807) is 52.8 Å². The van der Waals surface area contributed by atoms with Crippen molar-refractivity contribution >= 4 is 23.1 Å². The number of hydrogen-bond acceptors (Lipinski definition) is 8. The quantitative estimate of drug-likeness (QED) is 0.583. The molecule has 0 radical (unpaired) electrons. The number of aryl methyl sites for hydroxylation is 1. The molecule has 1 aromatic heterocycles. The summed E-state index contributed by atoms with van der Waals surface area (Å²) in [6.07, 6.45) is 1.66. The summed E-state index contributed by atoms with van der Waals surface area (Å²) in [6.45, 7) is 2.01. The Morgan fingerprint density at radius 2 is 1.45 bits per heavy atom. The number of methoxy groups -OCH3 is 4. The van der Waals surface area contributed by atoms with Crippen molar-refractivity contribution in [2.24, 2.45) is 0 Å². The summed E-state index contributed by atoms with van der Waals surface area (Å²) >= 11 is 0. The number of ether oxygens (including phenoxy) is 4. The lowest BCUT2D eigenvalue weighted by Gasteiger charge is -2.15. The molecule has 29 heavy (non-hydrogen) atoms. The zero-order chi connectivity index (χ0) is 20.8. The molecule has 0 aliphatic heterocycles. The summed E-state index contributed by atoms with van der Waals surface area (Å²) in [5.74, 6) is 3.37. The zero-order valence-corrected chi connectivity index (χ0v) is 17.1. The molecular formula is C21H24N4O4. The summed E-state index contributed by atoms with van der Waals surface area (Å²) in [5, 5.41) is 6.43. The predicted molar refractivity (Wildman–Crippen MR) is 112 cm³/mol. The zero-order valence-electron chi connectivity index (χ0n) is 17.1. The summed E-state index contributed by atoms with van der Waals surface area (Å²) in [6, 6.07) is 11.2. The minimum absolute atomic E-state index is 0.436. The summed E-state index contributed by atoms with van der Waals surface area (Å²) in [7, 11) is 6.33. The molecule has 0 aliphatic carbocycles. The van der Waals surface area contributed by atoms with Crippen molar-refractivity contribution in [1.82, 2.24) is 9.97 Å². The number of aromatic nitrogens is 2. The van der Waals surface area contributed by atoms with Crippen LogP contribution in [0.25, 0.3) is 0 Å². The fraction of sp³-hybridized carbons (Fsp3) is 0.238. The lowest BCUT2D eigenvalue weighted by Crippen LogP contribution is -2.02. The fourth-order valence-electron chi connectivity index (χ4n) is 2.83. The van der Waals surface area contributed by atoms with E-state index in [0.717, 1.165) is 16.9 Å². The largest absolute Gasteiger partial charge is 0.495 e. The van der Waals surface area contributed by atoms with Gasteiger partial charge in [0, 0.05) is 24.0 Å². The minimum atomic E-state index is 0.436. The second kappa shape index (κ2) is 9.01. The van der Waals surface area contributed by atoms with E-state index in [-0.39, 0.29) is 0 Å². The third-order valence-electron chi connectivity index (χ3n) is 4.19. The summed E-state index contributed by atoms with van der Waals surface area (Å²) < 4.78 is 21.5. The van der Waals surface area contributed by atoms with Crippen LogP contribution in [0.2, 0.25) is 0 Å². The SMILES string of the molecule is COc1ccc(C)cc1Nc1nccc(Nc2cc(OC)c(OC)c(OC)c2)n1. The van der Waals surface area contributed by atoms with Crippen LogP contribution < -0.4 is 29.6 Å². The normalized spacial score (nSPS) is 10.2.